The first-order valence-corrected chi connectivity index (χ1v) is 13.9. The Bertz CT molecular complexity index is 1360. The summed E-state index contributed by atoms with van der Waals surface area (Å²) in [4.78, 5) is 26.0. The van der Waals surface area contributed by atoms with Gasteiger partial charge in [0.1, 0.15) is 12.4 Å². The molecule has 7 rings (SSSR count). The Hall–Kier alpha value is -2.27. The number of hydrazone groups is 1. The van der Waals surface area contributed by atoms with Crippen molar-refractivity contribution in [1.29, 1.82) is 0 Å². The van der Waals surface area contributed by atoms with E-state index >= 15 is 0 Å². The summed E-state index contributed by atoms with van der Waals surface area (Å²) in [6, 6.07) is 18.5. The molecule has 2 bridgehead atoms. The van der Waals surface area contributed by atoms with E-state index in [1.165, 1.54) is 10.8 Å². The quantitative estimate of drug-likeness (QED) is 0.140. The van der Waals surface area contributed by atoms with Gasteiger partial charge in [-0.05, 0) is 104 Å². The SMILES string of the molecule is O=C1C2C3C=CC(CC3)C2C(=O)N1N=Cc1cc(I)c(OCc2cccc3ccccc23)c(I)c1. The number of imide groups is 1. The number of ether oxygens (including phenoxy) is 1. The highest BCUT2D eigenvalue weighted by atomic mass is 127. The van der Waals surface area contributed by atoms with Gasteiger partial charge in [0, 0.05) is 0 Å². The molecule has 5 nitrogen and oxygen atoms in total. The number of carbonyl (C=O) groups excluding carboxylic acids is 2. The summed E-state index contributed by atoms with van der Waals surface area (Å²) in [5.41, 5.74) is 1.96. The van der Waals surface area contributed by atoms with Crippen LogP contribution in [0.4, 0.5) is 0 Å². The van der Waals surface area contributed by atoms with Crippen molar-refractivity contribution in [2.24, 2.45) is 28.8 Å². The maximum absolute atomic E-state index is 13.0. The number of nitrogens with zero attached hydrogens (tertiary/aromatic N) is 2. The maximum Gasteiger partial charge on any atom is 0.254 e. The van der Waals surface area contributed by atoms with E-state index in [-0.39, 0.29) is 35.5 Å². The first-order chi connectivity index (χ1) is 17.0. The molecule has 3 aromatic rings. The Morgan fingerprint density at radius 2 is 1.54 bits per heavy atom. The summed E-state index contributed by atoms with van der Waals surface area (Å²) in [6.45, 7) is 0.469. The fourth-order valence-corrected chi connectivity index (χ4v) is 7.78. The molecule has 3 aromatic carbocycles. The highest BCUT2D eigenvalue weighted by molar-refractivity contribution is 14.1. The molecule has 0 spiro atoms. The van der Waals surface area contributed by atoms with E-state index in [9.17, 15) is 9.59 Å². The van der Waals surface area contributed by atoms with Gasteiger partial charge in [0.25, 0.3) is 11.8 Å². The average Bonchev–Trinajstić information content (AvgIpc) is 3.14. The van der Waals surface area contributed by atoms with Crippen LogP contribution < -0.4 is 4.74 Å². The number of hydrogen-bond acceptors (Lipinski definition) is 4. The van der Waals surface area contributed by atoms with Crippen LogP contribution in [0.25, 0.3) is 10.8 Å². The first kappa shape index (κ1) is 23.1. The van der Waals surface area contributed by atoms with Gasteiger partial charge in [0.15, 0.2) is 0 Å². The number of allylic oxidation sites excluding steroid dienone is 2. The van der Waals surface area contributed by atoms with Crippen LogP contribution >= 0.6 is 45.2 Å². The fourth-order valence-electron chi connectivity index (χ4n) is 5.66. The normalized spacial score (nSPS) is 25.1. The third kappa shape index (κ3) is 4.10. The van der Waals surface area contributed by atoms with Gasteiger partial charge in [0.05, 0.1) is 25.2 Å². The third-order valence-electron chi connectivity index (χ3n) is 7.33. The van der Waals surface area contributed by atoms with E-state index in [1.807, 2.05) is 24.3 Å². The minimum absolute atomic E-state index is 0.158. The van der Waals surface area contributed by atoms with E-state index in [0.717, 1.165) is 41.9 Å². The Labute approximate surface area is 230 Å². The van der Waals surface area contributed by atoms with E-state index in [0.29, 0.717) is 6.61 Å². The molecule has 1 heterocycles. The molecule has 1 saturated carbocycles. The van der Waals surface area contributed by atoms with Gasteiger partial charge in [-0.2, -0.15) is 10.1 Å². The predicted octanol–water partition coefficient (Wildman–Crippen LogP) is 6.16. The summed E-state index contributed by atoms with van der Waals surface area (Å²) in [7, 11) is 0. The van der Waals surface area contributed by atoms with E-state index < -0.39 is 0 Å². The van der Waals surface area contributed by atoms with Crippen LogP contribution in [-0.4, -0.2) is 23.0 Å². The molecule has 2 amide bonds. The molecule has 4 aliphatic rings. The number of rotatable bonds is 5. The molecule has 1 saturated heterocycles. The number of fused-ring (bicyclic) bond motifs is 2. The Morgan fingerprint density at radius 1 is 0.914 bits per heavy atom. The van der Waals surface area contributed by atoms with Crippen molar-refractivity contribution in [3.05, 3.63) is 85.0 Å². The van der Waals surface area contributed by atoms with Gasteiger partial charge >= 0.3 is 0 Å². The molecule has 2 fully saturated rings. The average molecular weight is 688 g/mol. The van der Waals surface area contributed by atoms with E-state index in [1.54, 1.807) is 6.21 Å². The largest absolute Gasteiger partial charge is 0.487 e. The lowest BCUT2D eigenvalue weighted by atomic mass is 9.63. The molecule has 7 heteroatoms. The van der Waals surface area contributed by atoms with Gasteiger partial charge in [0.2, 0.25) is 0 Å². The van der Waals surface area contributed by atoms with Gasteiger partial charge in [-0.15, -0.1) is 0 Å². The molecule has 35 heavy (non-hydrogen) atoms. The molecule has 3 aliphatic carbocycles. The van der Waals surface area contributed by atoms with Gasteiger partial charge in [-0.3, -0.25) is 9.59 Å². The summed E-state index contributed by atoms with van der Waals surface area (Å²) in [5, 5.41) is 7.84. The summed E-state index contributed by atoms with van der Waals surface area (Å²) < 4.78 is 8.14. The predicted molar refractivity (Wildman–Crippen MR) is 152 cm³/mol. The number of halogens is 2. The number of amides is 2. The Kier molecular flexibility index (Phi) is 6.16. The molecule has 4 unspecified atom stereocenters. The highest BCUT2D eigenvalue weighted by Crippen LogP contribution is 2.49. The monoisotopic (exact) mass is 688 g/mol. The molecule has 1 aliphatic heterocycles. The van der Waals surface area contributed by atoms with Crippen molar-refractivity contribution in [2.75, 3.05) is 0 Å². The van der Waals surface area contributed by atoms with Gasteiger partial charge in [-0.25, -0.2) is 0 Å². The zero-order valence-corrected chi connectivity index (χ0v) is 23.0. The zero-order chi connectivity index (χ0) is 24.1. The van der Waals surface area contributed by atoms with Gasteiger partial charge < -0.3 is 4.74 Å². The van der Waals surface area contributed by atoms with Crippen molar-refractivity contribution in [3.8, 4) is 5.75 Å². The first-order valence-electron chi connectivity index (χ1n) is 11.7. The minimum atomic E-state index is -0.242. The number of benzene rings is 3. The van der Waals surface area contributed by atoms with E-state index in [2.05, 4.69) is 92.8 Å². The Morgan fingerprint density at radius 3 is 2.20 bits per heavy atom. The van der Waals surface area contributed by atoms with Crippen LogP contribution in [0, 0.1) is 30.8 Å². The van der Waals surface area contributed by atoms with Crippen LogP contribution in [0.2, 0.25) is 0 Å². The standard InChI is InChI=1S/C28H22I2N2O3/c29-22-12-16(14-31-32-27(33)24-18-8-9-19(11-10-18)25(24)28(32)34)13-23(30)26(22)35-15-20-6-3-5-17-4-1-2-7-21(17)20/h1-9,12-14,18-19,24-25H,10-11,15H2. The molecule has 176 valence electrons. The summed E-state index contributed by atoms with van der Waals surface area (Å²) in [6.07, 6.45) is 7.82. The topological polar surface area (TPSA) is 59.0 Å². The second-order valence-corrected chi connectivity index (χ2v) is 11.6. The Balaban J connectivity index is 1.20. The van der Waals surface area contributed by atoms with Crippen molar-refractivity contribution >= 4 is 74.0 Å². The molecule has 4 atom stereocenters. The van der Waals surface area contributed by atoms with E-state index in [4.69, 9.17) is 4.74 Å². The third-order valence-corrected chi connectivity index (χ3v) is 8.93. The zero-order valence-electron chi connectivity index (χ0n) is 18.7. The van der Waals surface area contributed by atoms with Crippen LogP contribution in [0.1, 0.15) is 24.0 Å². The lowest BCUT2D eigenvalue weighted by Gasteiger charge is -2.37. The summed E-state index contributed by atoms with van der Waals surface area (Å²) in [5.74, 6) is 0.355. The second kappa shape index (κ2) is 9.31. The van der Waals surface area contributed by atoms with Crippen molar-refractivity contribution in [1.82, 2.24) is 5.01 Å². The van der Waals surface area contributed by atoms with Crippen molar-refractivity contribution in [2.45, 2.75) is 19.4 Å². The van der Waals surface area contributed by atoms with Gasteiger partial charge in [-0.1, -0.05) is 54.6 Å². The molecule has 0 radical (unpaired) electrons. The van der Waals surface area contributed by atoms with Crippen LogP contribution in [0.15, 0.2) is 71.9 Å². The lowest BCUT2D eigenvalue weighted by Crippen LogP contribution is -2.38. The fraction of sp³-hybridized carbons (Fsp3) is 0.250. The number of carbonyl (C=O) groups is 2. The number of hydrogen-bond donors (Lipinski definition) is 0. The van der Waals surface area contributed by atoms with Crippen molar-refractivity contribution < 1.29 is 14.3 Å². The van der Waals surface area contributed by atoms with Crippen molar-refractivity contribution in [3.63, 3.8) is 0 Å². The molecule has 0 N–H and O–H groups in total. The van der Waals surface area contributed by atoms with Crippen LogP contribution in [0.3, 0.4) is 0 Å². The maximum atomic E-state index is 13.0. The lowest BCUT2D eigenvalue weighted by molar-refractivity contribution is -0.140. The van der Waals surface area contributed by atoms with Crippen LogP contribution in [0.5, 0.6) is 5.75 Å². The molecule has 0 aromatic heterocycles. The second-order valence-electron chi connectivity index (χ2n) is 9.31. The molecular weight excluding hydrogens is 666 g/mol. The molecular formula is C28H22I2N2O3. The highest BCUT2D eigenvalue weighted by Gasteiger charge is 2.56. The van der Waals surface area contributed by atoms with Crippen LogP contribution in [-0.2, 0) is 16.2 Å². The minimum Gasteiger partial charge on any atom is -0.487 e. The summed E-state index contributed by atoms with van der Waals surface area (Å²) >= 11 is 4.52. The smallest absolute Gasteiger partial charge is 0.254 e.